The summed E-state index contributed by atoms with van der Waals surface area (Å²) in [6.07, 6.45) is 2.09. The maximum absolute atomic E-state index is 13.6. The standard InChI is InChI=1S/C37H30ClN5O5S/c1-46-30-15-13-25(14-16-30)33-20-32(27-12-11-24-6-2-3-7-26(24)18-27)41-43(33)34(44)22-48-35(45)23-49-37-40-39-36(28-8-4-9-29(38)19-28)42(37)21-31-10-5-17-47-31/h2-19,33H,20-23H2,1H3. The molecule has 10 nitrogen and oxygen atoms in total. The normalized spacial score (nSPS) is 14.2. The first kappa shape index (κ1) is 32.2. The fourth-order valence-electron chi connectivity index (χ4n) is 5.68. The number of fused-ring (bicyclic) bond motifs is 1. The van der Waals surface area contributed by atoms with Crippen LogP contribution in [0, 0.1) is 0 Å². The van der Waals surface area contributed by atoms with Crippen LogP contribution in [0.25, 0.3) is 22.2 Å². The number of amides is 1. The fraction of sp³-hybridized carbons (Fsp3) is 0.162. The first-order valence-electron chi connectivity index (χ1n) is 15.5. The Morgan fingerprint density at radius 1 is 0.918 bits per heavy atom. The van der Waals surface area contributed by atoms with Gasteiger partial charge in [0.05, 0.1) is 37.4 Å². The van der Waals surface area contributed by atoms with Gasteiger partial charge in [0, 0.05) is 17.0 Å². The van der Waals surface area contributed by atoms with Gasteiger partial charge in [-0.25, -0.2) is 5.01 Å². The van der Waals surface area contributed by atoms with Gasteiger partial charge in [-0.2, -0.15) is 5.10 Å². The molecule has 1 aliphatic rings. The molecular formula is C37H30ClN5O5S. The molecular weight excluding hydrogens is 662 g/mol. The van der Waals surface area contributed by atoms with Gasteiger partial charge in [0.2, 0.25) is 0 Å². The molecule has 2 aromatic heterocycles. The van der Waals surface area contributed by atoms with Gasteiger partial charge in [0.1, 0.15) is 11.5 Å². The molecule has 0 radical (unpaired) electrons. The molecule has 0 saturated carbocycles. The molecule has 0 N–H and O–H groups in total. The van der Waals surface area contributed by atoms with Gasteiger partial charge in [-0.15, -0.1) is 10.2 Å². The van der Waals surface area contributed by atoms with Crippen molar-refractivity contribution in [2.45, 2.75) is 24.2 Å². The predicted octanol–water partition coefficient (Wildman–Crippen LogP) is 7.41. The van der Waals surface area contributed by atoms with E-state index in [-0.39, 0.29) is 11.8 Å². The second kappa shape index (κ2) is 14.4. The zero-order valence-electron chi connectivity index (χ0n) is 26.4. The number of hydrazone groups is 1. The minimum absolute atomic E-state index is 0.0906. The smallest absolute Gasteiger partial charge is 0.316 e. The van der Waals surface area contributed by atoms with E-state index in [2.05, 4.69) is 22.3 Å². The molecule has 0 spiro atoms. The number of nitrogens with zero attached hydrogens (tertiary/aromatic N) is 5. The van der Waals surface area contributed by atoms with Crippen LogP contribution in [0.1, 0.15) is 29.3 Å². The van der Waals surface area contributed by atoms with Gasteiger partial charge >= 0.3 is 5.97 Å². The zero-order chi connectivity index (χ0) is 33.7. The Hall–Kier alpha value is -5.39. The number of thioether (sulfide) groups is 1. The summed E-state index contributed by atoms with van der Waals surface area (Å²) in [5, 5.41) is 18.1. The lowest BCUT2D eigenvalue weighted by Crippen LogP contribution is -2.31. The lowest BCUT2D eigenvalue weighted by molar-refractivity contribution is -0.150. The molecule has 49 heavy (non-hydrogen) atoms. The number of rotatable bonds is 11. The van der Waals surface area contributed by atoms with Crippen molar-refractivity contribution in [3.8, 4) is 17.1 Å². The first-order valence-corrected chi connectivity index (χ1v) is 16.8. The minimum Gasteiger partial charge on any atom is -0.497 e. The van der Waals surface area contributed by atoms with Crippen molar-refractivity contribution >= 4 is 51.7 Å². The second-order valence-corrected chi connectivity index (χ2v) is 12.7. The van der Waals surface area contributed by atoms with Crippen LogP contribution in [-0.2, 0) is 20.9 Å². The highest BCUT2D eigenvalue weighted by Gasteiger charge is 2.34. The Bertz CT molecular complexity index is 2150. The van der Waals surface area contributed by atoms with E-state index in [1.807, 2.05) is 77.4 Å². The van der Waals surface area contributed by atoms with Crippen LogP contribution in [0.2, 0.25) is 5.02 Å². The molecule has 1 aliphatic heterocycles. The number of esters is 1. The highest BCUT2D eigenvalue weighted by Crippen LogP contribution is 2.34. The Balaban J connectivity index is 1.05. The van der Waals surface area contributed by atoms with E-state index >= 15 is 0 Å². The lowest BCUT2D eigenvalue weighted by Gasteiger charge is -2.22. The number of carbonyl (C=O) groups is 2. The van der Waals surface area contributed by atoms with Crippen LogP contribution in [0.4, 0.5) is 0 Å². The van der Waals surface area contributed by atoms with E-state index in [0.29, 0.717) is 40.5 Å². The van der Waals surface area contributed by atoms with Crippen molar-refractivity contribution in [2.24, 2.45) is 5.10 Å². The summed E-state index contributed by atoms with van der Waals surface area (Å²) in [7, 11) is 1.61. The Morgan fingerprint density at radius 3 is 2.53 bits per heavy atom. The average Bonchev–Trinajstić information content (AvgIpc) is 3.91. The van der Waals surface area contributed by atoms with Crippen LogP contribution in [0.5, 0.6) is 5.75 Å². The summed E-state index contributed by atoms with van der Waals surface area (Å²) in [6, 6.07) is 32.3. The highest BCUT2D eigenvalue weighted by atomic mass is 35.5. The van der Waals surface area contributed by atoms with Gasteiger partial charge in [-0.3, -0.25) is 14.2 Å². The quantitative estimate of drug-likeness (QED) is 0.102. The number of halogens is 1. The third-order valence-corrected chi connectivity index (χ3v) is 9.29. The summed E-state index contributed by atoms with van der Waals surface area (Å²) in [5.74, 6) is 0.879. The van der Waals surface area contributed by atoms with Crippen molar-refractivity contribution in [1.82, 2.24) is 19.8 Å². The molecule has 7 rings (SSSR count). The van der Waals surface area contributed by atoms with Gasteiger partial charge in [0.25, 0.3) is 5.91 Å². The number of hydrogen-bond donors (Lipinski definition) is 0. The second-order valence-electron chi connectivity index (χ2n) is 11.3. The Kier molecular flexibility index (Phi) is 9.45. The number of furan rings is 1. The SMILES string of the molecule is COc1ccc(C2CC(c3ccc4ccccc4c3)=NN2C(=O)COC(=O)CSc2nnc(-c3cccc(Cl)c3)n2Cc2ccco2)cc1. The summed E-state index contributed by atoms with van der Waals surface area (Å²) >= 11 is 7.39. The number of ether oxygens (including phenoxy) is 2. The molecule has 246 valence electrons. The topological polar surface area (TPSA) is 112 Å². The molecule has 0 bridgehead atoms. The third-order valence-electron chi connectivity index (χ3n) is 8.12. The van der Waals surface area contributed by atoms with Gasteiger partial charge in [0.15, 0.2) is 17.6 Å². The van der Waals surface area contributed by atoms with Gasteiger partial charge in [-0.05, 0) is 64.4 Å². The molecule has 4 aromatic carbocycles. The molecule has 0 fully saturated rings. The van der Waals surface area contributed by atoms with E-state index in [0.717, 1.165) is 44.9 Å². The summed E-state index contributed by atoms with van der Waals surface area (Å²) in [5.41, 5.74) is 3.36. The monoisotopic (exact) mass is 691 g/mol. The average molecular weight is 692 g/mol. The van der Waals surface area contributed by atoms with Crippen LogP contribution in [-0.4, -0.2) is 56.8 Å². The number of aromatic nitrogens is 3. The number of methoxy groups -OCH3 is 1. The molecule has 0 aliphatic carbocycles. The zero-order valence-corrected chi connectivity index (χ0v) is 27.9. The van der Waals surface area contributed by atoms with Crippen molar-refractivity contribution in [2.75, 3.05) is 19.5 Å². The van der Waals surface area contributed by atoms with Crippen molar-refractivity contribution in [3.05, 3.63) is 131 Å². The molecule has 3 heterocycles. The van der Waals surface area contributed by atoms with E-state index in [1.165, 1.54) is 5.01 Å². The number of benzene rings is 4. The van der Waals surface area contributed by atoms with E-state index in [9.17, 15) is 9.59 Å². The molecule has 12 heteroatoms. The summed E-state index contributed by atoms with van der Waals surface area (Å²) in [6.45, 7) is -0.121. The summed E-state index contributed by atoms with van der Waals surface area (Å²) < 4.78 is 18.2. The van der Waals surface area contributed by atoms with Crippen LogP contribution < -0.4 is 4.74 Å². The van der Waals surface area contributed by atoms with E-state index in [1.54, 1.807) is 31.6 Å². The Labute approximate surface area is 291 Å². The van der Waals surface area contributed by atoms with Crippen molar-refractivity contribution in [1.29, 1.82) is 0 Å². The lowest BCUT2D eigenvalue weighted by atomic mass is 9.97. The highest BCUT2D eigenvalue weighted by molar-refractivity contribution is 7.99. The van der Waals surface area contributed by atoms with E-state index < -0.39 is 18.5 Å². The maximum Gasteiger partial charge on any atom is 0.316 e. The third kappa shape index (κ3) is 7.23. The predicted molar refractivity (Wildman–Crippen MR) is 188 cm³/mol. The molecule has 1 amide bonds. The van der Waals surface area contributed by atoms with Crippen LogP contribution >= 0.6 is 23.4 Å². The number of hydrogen-bond acceptors (Lipinski definition) is 9. The molecule has 1 atom stereocenters. The van der Waals surface area contributed by atoms with Crippen molar-refractivity contribution in [3.63, 3.8) is 0 Å². The van der Waals surface area contributed by atoms with E-state index in [4.69, 9.17) is 30.6 Å². The number of carbonyl (C=O) groups excluding carboxylic acids is 2. The maximum atomic E-state index is 13.6. The molecule has 0 saturated heterocycles. The molecule has 6 aromatic rings. The van der Waals surface area contributed by atoms with Crippen molar-refractivity contribution < 1.29 is 23.5 Å². The van der Waals surface area contributed by atoms with Gasteiger partial charge < -0.3 is 13.9 Å². The summed E-state index contributed by atoms with van der Waals surface area (Å²) in [4.78, 5) is 26.6. The van der Waals surface area contributed by atoms with Gasteiger partial charge in [-0.1, -0.05) is 84.0 Å². The minimum atomic E-state index is -0.575. The fourth-order valence-corrected chi connectivity index (χ4v) is 6.61. The first-order chi connectivity index (χ1) is 23.9. The largest absolute Gasteiger partial charge is 0.497 e. The van der Waals surface area contributed by atoms with Crippen LogP contribution in [0.3, 0.4) is 0 Å². The van der Waals surface area contributed by atoms with Crippen LogP contribution in [0.15, 0.2) is 124 Å². The Morgan fingerprint density at radius 2 is 1.76 bits per heavy atom. The molecule has 1 unspecified atom stereocenters.